The van der Waals surface area contributed by atoms with Crippen LogP contribution in [-0.2, 0) is 0 Å². The highest BCUT2D eigenvalue weighted by molar-refractivity contribution is 5.93. The molecule has 0 saturated carbocycles. The highest BCUT2D eigenvalue weighted by Gasteiger charge is 2.17. The summed E-state index contributed by atoms with van der Waals surface area (Å²) in [5.74, 6) is 0.276. The van der Waals surface area contributed by atoms with Gasteiger partial charge in [0.2, 0.25) is 0 Å². The SMILES string of the molecule is CCC(NC(=O)c1c[nH]ccc1=O)c1ncc[nH]1. The Morgan fingerprint density at radius 3 is 2.94 bits per heavy atom. The zero-order valence-corrected chi connectivity index (χ0v) is 9.93. The minimum Gasteiger partial charge on any atom is -0.367 e. The van der Waals surface area contributed by atoms with E-state index in [-0.39, 0.29) is 17.0 Å². The first-order valence-corrected chi connectivity index (χ1v) is 5.69. The topological polar surface area (TPSA) is 90.6 Å². The van der Waals surface area contributed by atoms with Gasteiger partial charge >= 0.3 is 0 Å². The van der Waals surface area contributed by atoms with Crippen molar-refractivity contribution in [3.8, 4) is 0 Å². The molecule has 0 saturated heterocycles. The maximum atomic E-state index is 12.0. The number of amides is 1. The molecule has 6 heteroatoms. The summed E-state index contributed by atoms with van der Waals surface area (Å²) in [6.45, 7) is 1.93. The van der Waals surface area contributed by atoms with Crippen molar-refractivity contribution in [1.82, 2.24) is 20.3 Å². The van der Waals surface area contributed by atoms with Crippen molar-refractivity contribution in [2.75, 3.05) is 0 Å². The van der Waals surface area contributed by atoms with Gasteiger partial charge in [0, 0.05) is 30.9 Å². The number of carbonyl (C=O) groups excluding carboxylic acids is 1. The number of aromatic nitrogens is 3. The Hall–Kier alpha value is -2.37. The smallest absolute Gasteiger partial charge is 0.257 e. The lowest BCUT2D eigenvalue weighted by Crippen LogP contribution is -2.32. The van der Waals surface area contributed by atoms with Crippen LogP contribution in [-0.4, -0.2) is 20.9 Å². The van der Waals surface area contributed by atoms with Gasteiger partial charge in [-0.3, -0.25) is 9.59 Å². The van der Waals surface area contributed by atoms with E-state index in [1.165, 1.54) is 18.5 Å². The summed E-state index contributed by atoms with van der Waals surface area (Å²) in [6.07, 6.45) is 6.89. The molecule has 0 aromatic carbocycles. The zero-order valence-electron chi connectivity index (χ0n) is 9.93. The number of carbonyl (C=O) groups is 1. The Labute approximate surface area is 103 Å². The second kappa shape index (κ2) is 5.31. The molecule has 1 atom stereocenters. The Morgan fingerprint density at radius 1 is 1.50 bits per heavy atom. The van der Waals surface area contributed by atoms with Crippen LogP contribution in [0.4, 0.5) is 0 Å². The quantitative estimate of drug-likeness (QED) is 0.751. The third kappa shape index (κ3) is 2.48. The Morgan fingerprint density at radius 2 is 2.33 bits per heavy atom. The Kier molecular flexibility index (Phi) is 3.57. The van der Waals surface area contributed by atoms with E-state index < -0.39 is 5.91 Å². The van der Waals surface area contributed by atoms with Crippen LogP contribution in [0.2, 0.25) is 0 Å². The lowest BCUT2D eigenvalue weighted by Gasteiger charge is -2.14. The minimum absolute atomic E-state index is 0.0995. The van der Waals surface area contributed by atoms with Crippen molar-refractivity contribution >= 4 is 5.91 Å². The normalized spacial score (nSPS) is 12.1. The molecule has 2 aromatic heterocycles. The van der Waals surface area contributed by atoms with Crippen molar-refractivity contribution < 1.29 is 4.79 Å². The van der Waals surface area contributed by atoms with Gasteiger partial charge in [0.05, 0.1) is 6.04 Å². The second-order valence-corrected chi connectivity index (χ2v) is 3.83. The molecule has 0 aliphatic heterocycles. The van der Waals surface area contributed by atoms with E-state index in [0.717, 1.165) is 0 Å². The molecule has 0 fully saturated rings. The van der Waals surface area contributed by atoms with Crippen LogP contribution in [0.1, 0.15) is 35.6 Å². The number of rotatable bonds is 4. The first-order chi connectivity index (χ1) is 8.72. The summed E-state index contributed by atoms with van der Waals surface area (Å²) in [4.78, 5) is 33.2. The van der Waals surface area contributed by atoms with Crippen LogP contribution >= 0.6 is 0 Å². The minimum atomic E-state index is -0.403. The number of hydrogen-bond acceptors (Lipinski definition) is 3. The highest BCUT2D eigenvalue weighted by Crippen LogP contribution is 2.11. The molecule has 0 bridgehead atoms. The predicted octanol–water partition coefficient (Wildman–Crippen LogP) is 0.979. The van der Waals surface area contributed by atoms with Gasteiger partial charge in [0.1, 0.15) is 11.4 Å². The fraction of sp³-hybridized carbons (Fsp3) is 0.250. The number of imidazole rings is 1. The molecule has 2 heterocycles. The van der Waals surface area contributed by atoms with Gasteiger partial charge in [0.15, 0.2) is 5.43 Å². The number of pyridine rings is 1. The summed E-state index contributed by atoms with van der Waals surface area (Å²) >= 11 is 0. The Bertz CT molecular complexity index is 574. The lowest BCUT2D eigenvalue weighted by atomic mass is 10.2. The molecule has 18 heavy (non-hydrogen) atoms. The van der Waals surface area contributed by atoms with Gasteiger partial charge in [-0.25, -0.2) is 4.98 Å². The molecule has 0 radical (unpaired) electrons. The van der Waals surface area contributed by atoms with Gasteiger partial charge in [0.25, 0.3) is 5.91 Å². The van der Waals surface area contributed by atoms with E-state index in [4.69, 9.17) is 0 Å². The van der Waals surface area contributed by atoms with Gasteiger partial charge in [-0.2, -0.15) is 0 Å². The van der Waals surface area contributed by atoms with Gasteiger partial charge in [-0.1, -0.05) is 6.92 Å². The van der Waals surface area contributed by atoms with Crippen LogP contribution in [0.3, 0.4) is 0 Å². The van der Waals surface area contributed by atoms with Gasteiger partial charge in [-0.05, 0) is 6.42 Å². The maximum absolute atomic E-state index is 12.0. The summed E-state index contributed by atoms with van der Waals surface area (Å²) in [6, 6.07) is 1.09. The number of nitrogens with one attached hydrogen (secondary N) is 3. The average Bonchev–Trinajstić information content (AvgIpc) is 2.90. The summed E-state index contributed by atoms with van der Waals surface area (Å²) in [5, 5.41) is 2.77. The van der Waals surface area contributed by atoms with Crippen molar-refractivity contribution in [3.05, 3.63) is 52.5 Å². The van der Waals surface area contributed by atoms with Gasteiger partial charge in [-0.15, -0.1) is 0 Å². The molecule has 2 rings (SSSR count). The fourth-order valence-corrected chi connectivity index (χ4v) is 1.66. The molecule has 6 nitrogen and oxygen atoms in total. The molecule has 1 unspecified atom stereocenters. The predicted molar refractivity (Wildman–Crippen MR) is 66.1 cm³/mol. The van der Waals surface area contributed by atoms with Crippen LogP contribution in [0, 0.1) is 0 Å². The molecular formula is C12H14N4O2. The molecule has 2 aromatic rings. The van der Waals surface area contributed by atoms with Crippen molar-refractivity contribution in [2.45, 2.75) is 19.4 Å². The van der Waals surface area contributed by atoms with E-state index in [0.29, 0.717) is 12.2 Å². The third-order valence-corrected chi connectivity index (χ3v) is 2.63. The van der Waals surface area contributed by atoms with Crippen molar-refractivity contribution in [2.24, 2.45) is 0 Å². The number of aromatic amines is 2. The average molecular weight is 246 g/mol. The van der Waals surface area contributed by atoms with Gasteiger partial charge < -0.3 is 15.3 Å². The van der Waals surface area contributed by atoms with Crippen LogP contribution < -0.4 is 10.7 Å². The summed E-state index contributed by atoms with van der Waals surface area (Å²) in [7, 11) is 0. The largest absolute Gasteiger partial charge is 0.367 e. The van der Waals surface area contributed by atoms with E-state index >= 15 is 0 Å². The molecule has 1 amide bonds. The van der Waals surface area contributed by atoms with Crippen LogP contribution in [0.5, 0.6) is 0 Å². The van der Waals surface area contributed by atoms with E-state index in [2.05, 4.69) is 20.3 Å². The summed E-state index contributed by atoms with van der Waals surface area (Å²) in [5.41, 5.74) is -0.206. The first-order valence-electron chi connectivity index (χ1n) is 5.69. The van der Waals surface area contributed by atoms with Crippen LogP contribution in [0.25, 0.3) is 0 Å². The number of H-pyrrole nitrogens is 2. The first kappa shape index (κ1) is 12.1. The molecular weight excluding hydrogens is 232 g/mol. The fourth-order valence-electron chi connectivity index (χ4n) is 1.66. The maximum Gasteiger partial charge on any atom is 0.257 e. The monoisotopic (exact) mass is 246 g/mol. The van der Waals surface area contributed by atoms with E-state index in [9.17, 15) is 9.59 Å². The lowest BCUT2D eigenvalue weighted by molar-refractivity contribution is 0.0932. The third-order valence-electron chi connectivity index (χ3n) is 2.63. The van der Waals surface area contributed by atoms with E-state index in [1.807, 2.05) is 6.92 Å². The number of hydrogen-bond donors (Lipinski definition) is 3. The standard InChI is InChI=1S/C12H14N4O2/c1-2-9(11-14-5-6-15-11)16-12(18)8-7-13-4-3-10(8)17/h3-7,9H,2H2,1H3,(H,13,17)(H,14,15)(H,16,18). The molecule has 3 N–H and O–H groups in total. The molecule has 0 aliphatic rings. The molecule has 0 spiro atoms. The second-order valence-electron chi connectivity index (χ2n) is 3.83. The van der Waals surface area contributed by atoms with Crippen molar-refractivity contribution in [3.63, 3.8) is 0 Å². The number of nitrogens with zero attached hydrogens (tertiary/aromatic N) is 1. The summed E-state index contributed by atoms with van der Waals surface area (Å²) < 4.78 is 0. The molecule has 94 valence electrons. The Balaban J connectivity index is 2.16. The molecule has 0 aliphatic carbocycles. The van der Waals surface area contributed by atoms with Crippen molar-refractivity contribution in [1.29, 1.82) is 0 Å². The van der Waals surface area contributed by atoms with Crippen LogP contribution in [0.15, 0.2) is 35.6 Å². The zero-order chi connectivity index (χ0) is 13.0. The highest BCUT2D eigenvalue weighted by atomic mass is 16.2. The van der Waals surface area contributed by atoms with E-state index in [1.54, 1.807) is 12.4 Å².